The molecular formula is C9H9NaO2S. The Morgan fingerprint density at radius 2 is 1.92 bits per heavy atom. The molecule has 0 fully saturated rings. The van der Waals surface area contributed by atoms with Crippen molar-refractivity contribution in [3.05, 3.63) is 35.9 Å². The van der Waals surface area contributed by atoms with E-state index < -0.39 is 11.2 Å². The third-order valence-corrected chi connectivity index (χ3v) is 1.94. The number of hydrogen-bond donors (Lipinski definition) is 1. The van der Waals surface area contributed by atoms with Gasteiger partial charge in [0.15, 0.2) is 0 Å². The van der Waals surface area contributed by atoms with Gasteiger partial charge < -0.3 is 9.90 Å². The predicted molar refractivity (Wildman–Crippen MR) is 47.9 cm³/mol. The van der Waals surface area contributed by atoms with Crippen LogP contribution in [0.4, 0.5) is 0 Å². The van der Waals surface area contributed by atoms with Crippen molar-refractivity contribution in [3.63, 3.8) is 0 Å². The Bertz CT molecular complexity index is 264. The van der Waals surface area contributed by atoms with Crippen LogP contribution in [0.15, 0.2) is 30.3 Å². The minimum Gasteiger partial charge on any atom is -0.549 e. The fraction of sp³-hybridized carbons (Fsp3) is 0.222. The van der Waals surface area contributed by atoms with Gasteiger partial charge in [0, 0.05) is 5.25 Å². The monoisotopic (exact) mass is 204 g/mol. The zero-order valence-corrected chi connectivity index (χ0v) is 10.3. The van der Waals surface area contributed by atoms with Gasteiger partial charge in [0.2, 0.25) is 0 Å². The molecule has 0 aliphatic carbocycles. The van der Waals surface area contributed by atoms with Crippen LogP contribution < -0.4 is 34.7 Å². The molecule has 0 aliphatic heterocycles. The molecule has 0 heterocycles. The molecule has 2 nitrogen and oxygen atoms in total. The van der Waals surface area contributed by atoms with Crippen molar-refractivity contribution in [2.75, 3.05) is 0 Å². The number of aliphatic carboxylic acids is 1. The van der Waals surface area contributed by atoms with Crippen LogP contribution in [0.3, 0.4) is 0 Å². The second kappa shape index (κ2) is 6.49. The molecule has 1 rings (SSSR count). The number of benzene rings is 1. The number of hydrogen-bond acceptors (Lipinski definition) is 3. The van der Waals surface area contributed by atoms with Gasteiger partial charge in [-0.2, -0.15) is 12.6 Å². The second-order valence-corrected chi connectivity index (χ2v) is 3.15. The first kappa shape index (κ1) is 13.0. The van der Waals surface area contributed by atoms with Gasteiger partial charge in [-0.15, -0.1) is 0 Å². The summed E-state index contributed by atoms with van der Waals surface area (Å²) in [5, 5.41) is 9.60. The molecule has 0 saturated heterocycles. The minimum atomic E-state index is -1.12. The van der Waals surface area contributed by atoms with Crippen molar-refractivity contribution >= 4 is 18.6 Å². The van der Waals surface area contributed by atoms with Crippen LogP contribution in [-0.4, -0.2) is 11.2 Å². The molecule has 0 N–H and O–H groups in total. The van der Waals surface area contributed by atoms with Gasteiger partial charge in [0.05, 0.1) is 5.97 Å². The summed E-state index contributed by atoms with van der Waals surface area (Å²) in [7, 11) is 0. The third-order valence-electron chi connectivity index (χ3n) is 1.54. The molecule has 0 aromatic heterocycles. The molecule has 0 radical (unpaired) electrons. The molecule has 1 unspecified atom stereocenters. The molecule has 1 aromatic rings. The van der Waals surface area contributed by atoms with E-state index in [2.05, 4.69) is 12.6 Å². The average molecular weight is 204 g/mol. The molecule has 13 heavy (non-hydrogen) atoms. The Labute approximate surface area is 105 Å². The second-order valence-electron chi connectivity index (χ2n) is 2.52. The van der Waals surface area contributed by atoms with Gasteiger partial charge in [-0.25, -0.2) is 0 Å². The standard InChI is InChI=1S/C9H10O2S.Na/c10-9(11)8(12)6-7-4-2-1-3-5-7;/h1-5,8,12H,6H2,(H,10,11);/q;+1/p-1. The molecule has 0 saturated carbocycles. The summed E-state index contributed by atoms with van der Waals surface area (Å²) in [5.41, 5.74) is 0.960. The first-order valence-corrected chi connectivity index (χ1v) is 4.14. The zero-order valence-electron chi connectivity index (χ0n) is 7.43. The van der Waals surface area contributed by atoms with Crippen molar-refractivity contribution in [1.29, 1.82) is 0 Å². The summed E-state index contributed by atoms with van der Waals surface area (Å²) < 4.78 is 0. The van der Waals surface area contributed by atoms with Gasteiger partial charge in [-0.1, -0.05) is 30.3 Å². The van der Waals surface area contributed by atoms with E-state index >= 15 is 0 Å². The van der Waals surface area contributed by atoms with Gasteiger partial charge >= 0.3 is 29.6 Å². The third kappa shape index (κ3) is 4.72. The number of carbonyl (C=O) groups excluding carboxylic acids is 1. The zero-order chi connectivity index (χ0) is 8.97. The Morgan fingerprint density at radius 1 is 1.38 bits per heavy atom. The maximum Gasteiger partial charge on any atom is 1.00 e. The van der Waals surface area contributed by atoms with Gasteiger partial charge in [-0.3, -0.25) is 0 Å². The summed E-state index contributed by atoms with van der Waals surface area (Å²) in [6.45, 7) is 0. The number of rotatable bonds is 3. The Hall–Kier alpha value is 0.0400. The summed E-state index contributed by atoms with van der Waals surface area (Å²) >= 11 is 3.87. The van der Waals surface area contributed by atoms with E-state index in [1.165, 1.54) is 0 Å². The van der Waals surface area contributed by atoms with Crippen molar-refractivity contribution in [3.8, 4) is 0 Å². The van der Waals surface area contributed by atoms with E-state index in [1.54, 1.807) is 0 Å². The van der Waals surface area contributed by atoms with E-state index in [0.29, 0.717) is 6.42 Å². The minimum absolute atomic E-state index is 0. The van der Waals surface area contributed by atoms with Crippen LogP contribution in [0.25, 0.3) is 0 Å². The van der Waals surface area contributed by atoms with E-state index in [-0.39, 0.29) is 29.6 Å². The number of carbonyl (C=O) groups is 1. The Kier molecular flexibility index (Phi) is 6.51. The van der Waals surface area contributed by atoms with Crippen molar-refractivity contribution in [2.24, 2.45) is 0 Å². The first-order chi connectivity index (χ1) is 5.70. The quantitative estimate of drug-likeness (QED) is 0.429. The maximum absolute atomic E-state index is 10.3. The van der Waals surface area contributed by atoms with E-state index in [1.807, 2.05) is 30.3 Å². The maximum atomic E-state index is 10.3. The van der Waals surface area contributed by atoms with Crippen LogP contribution in [0.1, 0.15) is 5.56 Å². The fourth-order valence-electron chi connectivity index (χ4n) is 0.921. The SMILES string of the molecule is O=C([O-])C(S)Cc1ccccc1.[Na+]. The van der Waals surface area contributed by atoms with Crippen LogP contribution in [0.2, 0.25) is 0 Å². The van der Waals surface area contributed by atoms with Crippen molar-refractivity contribution in [2.45, 2.75) is 11.7 Å². The summed E-state index contributed by atoms with van der Waals surface area (Å²) in [4.78, 5) is 10.3. The van der Waals surface area contributed by atoms with Gasteiger partial charge in [0.25, 0.3) is 0 Å². The van der Waals surface area contributed by atoms with Gasteiger partial charge in [-0.05, 0) is 12.0 Å². The topological polar surface area (TPSA) is 40.1 Å². The molecule has 4 heteroatoms. The first-order valence-electron chi connectivity index (χ1n) is 3.63. The molecule has 1 aromatic carbocycles. The molecule has 64 valence electrons. The number of thiol groups is 1. The van der Waals surface area contributed by atoms with Crippen LogP contribution >= 0.6 is 12.6 Å². The van der Waals surface area contributed by atoms with E-state index in [9.17, 15) is 9.90 Å². The summed E-state index contributed by atoms with van der Waals surface area (Å²) in [6, 6.07) is 9.35. The molecule has 0 amide bonds. The Morgan fingerprint density at radius 3 is 2.38 bits per heavy atom. The average Bonchev–Trinajstić information content (AvgIpc) is 2.06. The van der Waals surface area contributed by atoms with E-state index in [0.717, 1.165) is 5.56 Å². The molecule has 1 atom stereocenters. The van der Waals surface area contributed by atoms with Gasteiger partial charge in [0.1, 0.15) is 0 Å². The normalized spacial score (nSPS) is 11.5. The Balaban J connectivity index is 0.00000144. The fourth-order valence-corrected chi connectivity index (χ4v) is 1.13. The van der Waals surface area contributed by atoms with Crippen molar-refractivity contribution in [1.82, 2.24) is 0 Å². The molecular weight excluding hydrogens is 195 g/mol. The smallest absolute Gasteiger partial charge is 0.549 e. The van der Waals surface area contributed by atoms with Crippen LogP contribution in [0, 0.1) is 0 Å². The molecule has 0 spiro atoms. The van der Waals surface area contributed by atoms with Crippen molar-refractivity contribution < 1.29 is 39.5 Å². The number of carboxylic acids is 1. The predicted octanol–water partition coefficient (Wildman–Crippen LogP) is -2.72. The molecule has 0 bridgehead atoms. The van der Waals surface area contributed by atoms with E-state index in [4.69, 9.17) is 0 Å². The van der Waals surface area contributed by atoms with Crippen LogP contribution in [0.5, 0.6) is 0 Å². The number of carboxylic acid groups (broad SMARTS) is 1. The summed E-state index contributed by atoms with van der Waals surface area (Å²) in [5.74, 6) is -1.12. The van der Waals surface area contributed by atoms with Crippen LogP contribution in [-0.2, 0) is 11.2 Å². The summed E-state index contributed by atoms with van der Waals surface area (Å²) in [6.07, 6.45) is 0.409. The molecule has 0 aliphatic rings. The largest absolute Gasteiger partial charge is 1.00 e.